The molecule has 3 aromatic rings. The van der Waals surface area contributed by atoms with E-state index in [4.69, 9.17) is 16.3 Å². The van der Waals surface area contributed by atoms with Gasteiger partial charge in [-0.3, -0.25) is 4.79 Å². The van der Waals surface area contributed by atoms with Crippen LogP contribution in [0.15, 0.2) is 53.5 Å². The molecule has 10 heteroatoms. The Morgan fingerprint density at radius 2 is 1.97 bits per heavy atom. The minimum atomic E-state index is -4.55. The summed E-state index contributed by atoms with van der Waals surface area (Å²) in [5.41, 5.74) is -1.10. The molecule has 1 heterocycles. The molecule has 0 radical (unpaired) electrons. The number of anilines is 1. The van der Waals surface area contributed by atoms with E-state index in [0.717, 1.165) is 16.8 Å². The van der Waals surface area contributed by atoms with Gasteiger partial charge < -0.3 is 15.2 Å². The lowest BCUT2D eigenvalue weighted by Crippen LogP contribution is -2.23. The molecule has 2 N–H and O–H groups in total. The summed E-state index contributed by atoms with van der Waals surface area (Å²) in [4.78, 5) is 12.5. The molecule has 0 amide bonds. The molecule has 1 aromatic heterocycles. The van der Waals surface area contributed by atoms with E-state index < -0.39 is 17.3 Å². The largest absolute Gasteiger partial charge is 0.504 e. The highest BCUT2D eigenvalue weighted by Crippen LogP contribution is 2.31. The first-order chi connectivity index (χ1) is 13.7. The van der Waals surface area contributed by atoms with Gasteiger partial charge in [0.1, 0.15) is 5.02 Å². The number of ether oxygens (including phenoxy) is 1. The van der Waals surface area contributed by atoms with Gasteiger partial charge in [-0.05, 0) is 24.3 Å². The van der Waals surface area contributed by atoms with Crippen molar-refractivity contribution in [1.82, 2.24) is 9.78 Å². The lowest BCUT2D eigenvalue weighted by molar-refractivity contribution is -0.137. The molecule has 0 aliphatic heterocycles. The predicted octanol–water partition coefficient (Wildman–Crippen LogP) is 4.23. The van der Waals surface area contributed by atoms with Gasteiger partial charge in [-0.1, -0.05) is 29.8 Å². The summed E-state index contributed by atoms with van der Waals surface area (Å²) in [7, 11) is 1.42. The number of para-hydroxylation sites is 1. The molecule has 0 aliphatic carbocycles. The smallest absolute Gasteiger partial charge is 0.416 e. The SMILES string of the molecule is COc1cccc(CNc2cnn(-c3cccc(C(F)(F)F)c3)c(=O)c2Cl)c1O. The fraction of sp³-hybridized carbons (Fsp3) is 0.158. The maximum Gasteiger partial charge on any atom is 0.416 e. The Labute approximate surface area is 168 Å². The molecule has 152 valence electrons. The average molecular weight is 426 g/mol. The van der Waals surface area contributed by atoms with E-state index in [0.29, 0.717) is 5.56 Å². The number of benzene rings is 2. The van der Waals surface area contributed by atoms with Crippen LogP contribution in [0.3, 0.4) is 0 Å². The van der Waals surface area contributed by atoms with E-state index in [1.807, 2.05) is 0 Å². The normalized spacial score (nSPS) is 11.3. The summed E-state index contributed by atoms with van der Waals surface area (Å²) in [6.45, 7) is 0.109. The molecule has 29 heavy (non-hydrogen) atoms. The number of hydrogen-bond acceptors (Lipinski definition) is 5. The van der Waals surface area contributed by atoms with Gasteiger partial charge >= 0.3 is 6.18 Å². The number of rotatable bonds is 5. The first kappa shape index (κ1) is 20.5. The van der Waals surface area contributed by atoms with Crippen molar-refractivity contribution in [3.63, 3.8) is 0 Å². The molecular weight excluding hydrogens is 411 g/mol. The van der Waals surface area contributed by atoms with E-state index in [9.17, 15) is 23.1 Å². The summed E-state index contributed by atoms with van der Waals surface area (Å²) in [5, 5.41) is 16.6. The first-order valence-corrected chi connectivity index (χ1v) is 8.64. The van der Waals surface area contributed by atoms with Gasteiger partial charge in [0, 0.05) is 12.1 Å². The molecule has 3 rings (SSSR count). The van der Waals surface area contributed by atoms with Crippen molar-refractivity contribution < 1.29 is 23.0 Å². The van der Waals surface area contributed by atoms with Gasteiger partial charge in [-0.25, -0.2) is 0 Å². The Balaban J connectivity index is 1.88. The third-order valence-electron chi connectivity index (χ3n) is 4.11. The Hall–Kier alpha value is -3.20. The van der Waals surface area contributed by atoms with Gasteiger partial charge in [0.2, 0.25) is 0 Å². The number of nitrogens with zero attached hydrogens (tertiary/aromatic N) is 2. The summed E-state index contributed by atoms with van der Waals surface area (Å²) < 4.78 is 44.5. The highest BCUT2D eigenvalue weighted by molar-refractivity contribution is 6.32. The highest BCUT2D eigenvalue weighted by Gasteiger charge is 2.30. The number of phenolic OH excluding ortho intramolecular Hbond substituents is 1. The van der Waals surface area contributed by atoms with E-state index in [1.165, 1.54) is 25.4 Å². The lowest BCUT2D eigenvalue weighted by Gasteiger charge is -2.13. The second-order valence-corrected chi connectivity index (χ2v) is 6.34. The molecular formula is C19H15ClF3N3O3. The molecule has 0 unspecified atom stereocenters. The Morgan fingerprint density at radius 3 is 2.66 bits per heavy atom. The van der Waals surface area contributed by atoms with E-state index in [1.54, 1.807) is 18.2 Å². The van der Waals surface area contributed by atoms with Crippen LogP contribution in [-0.2, 0) is 12.7 Å². The number of nitrogens with one attached hydrogen (secondary N) is 1. The molecule has 0 spiro atoms. The zero-order valence-electron chi connectivity index (χ0n) is 15.0. The topological polar surface area (TPSA) is 76.4 Å². The number of aromatic nitrogens is 2. The van der Waals surface area contributed by atoms with Gasteiger partial charge in [-0.15, -0.1) is 0 Å². The van der Waals surface area contributed by atoms with E-state index in [2.05, 4.69) is 10.4 Å². The summed E-state index contributed by atoms with van der Waals surface area (Å²) >= 11 is 6.10. The quantitative estimate of drug-likeness (QED) is 0.639. The third-order valence-corrected chi connectivity index (χ3v) is 4.47. The molecule has 0 saturated carbocycles. The van der Waals surface area contributed by atoms with Crippen LogP contribution in [-0.4, -0.2) is 22.0 Å². The summed E-state index contributed by atoms with van der Waals surface area (Å²) in [6, 6.07) is 9.12. The lowest BCUT2D eigenvalue weighted by atomic mass is 10.2. The van der Waals surface area contributed by atoms with Crippen molar-refractivity contribution in [2.24, 2.45) is 0 Å². The minimum Gasteiger partial charge on any atom is -0.504 e. The van der Waals surface area contributed by atoms with Crippen LogP contribution in [0, 0.1) is 0 Å². The van der Waals surface area contributed by atoms with Crippen molar-refractivity contribution in [2.75, 3.05) is 12.4 Å². The van der Waals surface area contributed by atoms with E-state index in [-0.39, 0.29) is 34.4 Å². The van der Waals surface area contributed by atoms with Gasteiger partial charge in [0.15, 0.2) is 11.5 Å². The molecule has 0 saturated heterocycles. The average Bonchev–Trinajstić information content (AvgIpc) is 2.69. The number of hydrogen-bond donors (Lipinski definition) is 2. The monoisotopic (exact) mass is 425 g/mol. The molecule has 0 bridgehead atoms. The molecule has 0 fully saturated rings. The zero-order valence-corrected chi connectivity index (χ0v) is 15.8. The second kappa shape index (κ2) is 8.04. The second-order valence-electron chi connectivity index (χ2n) is 5.96. The Bertz CT molecular complexity index is 1100. The van der Waals surface area contributed by atoms with Crippen molar-refractivity contribution in [1.29, 1.82) is 0 Å². The van der Waals surface area contributed by atoms with Gasteiger partial charge in [0.25, 0.3) is 5.56 Å². The van der Waals surface area contributed by atoms with Crippen LogP contribution in [0.1, 0.15) is 11.1 Å². The summed E-state index contributed by atoms with van der Waals surface area (Å²) in [5.74, 6) is 0.220. The molecule has 6 nitrogen and oxygen atoms in total. The third kappa shape index (κ3) is 4.29. The Morgan fingerprint density at radius 1 is 1.24 bits per heavy atom. The molecule has 0 aliphatic rings. The fourth-order valence-corrected chi connectivity index (χ4v) is 2.82. The first-order valence-electron chi connectivity index (χ1n) is 8.26. The molecule has 0 atom stereocenters. The summed E-state index contributed by atoms with van der Waals surface area (Å²) in [6.07, 6.45) is -3.33. The van der Waals surface area contributed by atoms with Crippen molar-refractivity contribution in [2.45, 2.75) is 12.7 Å². The maximum absolute atomic E-state index is 12.9. The standard InChI is InChI=1S/C19H15ClF3N3O3/c1-29-15-7-2-4-11(17(15)27)9-24-14-10-25-26(18(28)16(14)20)13-6-3-5-12(8-13)19(21,22)23/h2-8,10,24,27H,9H2,1H3. The number of halogens is 4. The van der Waals surface area contributed by atoms with Gasteiger partial charge in [0.05, 0.1) is 30.2 Å². The predicted molar refractivity (Wildman–Crippen MR) is 102 cm³/mol. The van der Waals surface area contributed by atoms with Crippen LogP contribution in [0.4, 0.5) is 18.9 Å². The van der Waals surface area contributed by atoms with E-state index >= 15 is 0 Å². The minimum absolute atomic E-state index is 0.0658. The maximum atomic E-state index is 12.9. The van der Waals surface area contributed by atoms with Crippen LogP contribution in [0.2, 0.25) is 5.02 Å². The highest BCUT2D eigenvalue weighted by atomic mass is 35.5. The van der Waals surface area contributed by atoms with Crippen molar-refractivity contribution in [3.8, 4) is 17.2 Å². The van der Waals surface area contributed by atoms with Crippen molar-refractivity contribution in [3.05, 3.63) is 75.2 Å². The van der Waals surface area contributed by atoms with Crippen LogP contribution >= 0.6 is 11.6 Å². The number of phenols is 1. The number of aromatic hydroxyl groups is 1. The van der Waals surface area contributed by atoms with Gasteiger partial charge in [-0.2, -0.15) is 23.0 Å². The molecule has 2 aromatic carbocycles. The fourth-order valence-electron chi connectivity index (χ4n) is 2.62. The van der Waals surface area contributed by atoms with Crippen LogP contribution in [0.5, 0.6) is 11.5 Å². The Kier molecular flexibility index (Phi) is 5.69. The van der Waals surface area contributed by atoms with Crippen LogP contribution < -0.4 is 15.6 Å². The van der Waals surface area contributed by atoms with Crippen LogP contribution in [0.25, 0.3) is 5.69 Å². The van der Waals surface area contributed by atoms with Crippen molar-refractivity contribution >= 4 is 17.3 Å². The zero-order chi connectivity index (χ0) is 21.2. The number of alkyl halides is 3. The number of methoxy groups -OCH3 is 1.